The lowest BCUT2D eigenvalue weighted by Gasteiger charge is -2.37. The van der Waals surface area contributed by atoms with Crippen molar-refractivity contribution in [1.82, 2.24) is 9.80 Å². The lowest BCUT2D eigenvalue weighted by Crippen LogP contribution is -2.55. The maximum atomic E-state index is 12.5. The summed E-state index contributed by atoms with van der Waals surface area (Å²) >= 11 is 0. The van der Waals surface area contributed by atoms with Crippen LogP contribution in [0.2, 0.25) is 0 Å². The first-order valence-electron chi connectivity index (χ1n) is 8.80. The smallest absolute Gasteiger partial charge is 0.242 e. The van der Waals surface area contributed by atoms with Crippen molar-refractivity contribution >= 4 is 24.2 Å². The van der Waals surface area contributed by atoms with E-state index in [1.54, 1.807) is 0 Å². The van der Waals surface area contributed by atoms with Gasteiger partial charge in [-0.15, -0.1) is 12.4 Å². The predicted molar refractivity (Wildman–Crippen MR) is 94.5 cm³/mol. The van der Waals surface area contributed by atoms with E-state index in [2.05, 4.69) is 6.92 Å². The summed E-state index contributed by atoms with van der Waals surface area (Å²) in [5.41, 5.74) is 5.40. The van der Waals surface area contributed by atoms with Gasteiger partial charge in [0.2, 0.25) is 11.8 Å². The molecule has 23 heavy (non-hydrogen) atoms. The fraction of sp³-hybridized carbons (Fsp3) is 0.882. The Morgan fingerprint density at radius 2 is 1.65 bits per heavy atom. The third-order valence-electron chi connectivity index (χ3n) is 5.08. The summed E-state index contributed by atoms with van der Waals surface area (Å²) in [7, 11) is 0. The highest BCUT2D eigenvalue weighted by Crippen LogP contribution is 2.24. The first-order valence-corrected chi connectivity index (χ1v) is 8.80. The number of carbonyl (C=O) groups is 2. The quantitative estimate of drug-likeness (QED) is 0.830. The van der Waals surface area contributed by atoms with Crippen LogP contribution in [0, 0.1) is 5.92 Å². The zero-order chi connectivity index (χ0) is 16.2. The number of piperidine rings is 1. The third-order valence-corrected chi connectivity index (χ3v) is 5.08. The van der Waals surface area contributed by atoms with Crippen molar-refractivity contribution in [3.05, 3.63) is 0 Å². The summed E-state index contributed by atoms with van der Waals surface area (Å²) in [4.78, 5) is 28.6. The monoisotopic (exact) mass is 345 g/mol. The molecule has 134 valence electrons. The molecule has 2 aliphatic heterocycles. The average molecular weight is 346 g/mol. The zero-order valence-corrected chi connectivity index (χ0v) is 15.4. The van der Waals surface area contributed by atoms with Gasteiger partial charge < -0.3 is 15.5 Å². The molecule has 0 aromatic rings. The molecule has 2 N–H and O–H groups in total. The highest BCUT2D eigenvalue weighted by Gasteiger charge is 2.34. The van der Waals surface area contributed by atoms with Gasteiger partial charge in [0, 0.05) is 32.6 Å². The molecule has 2 saturated heterocycles. The van der Waals surface area contributed by atoms with Gasteiger partial charge in [-0.2, -0.15) is 0 Å². The van der Waals surface area contributed by atoms with Gasteiger partial charge in [-0.05, 0) is 44.9 Å². The molecular formula is C17H32ClN3O2. The second-order valence-corrected chi connectivity index (χ2v) is 7.20. The molecule has 1 unspecified atom stereocenters. The van der Waals surface area contributed by atoms with E-state index in [1.165, 1.54) is 0 Å². The minimum absolute atomic E-state index is 0. The van der Waals surface area contributed by atoms with E-state index in [0.29, 0.717) is 18.2 Å². The molecule has 0 radical (unpaired) electrons. The first kappa shape index (κ1) is 20.2. The number of nitrogens with two attached hydrogens (primary N) is 1. The van der Waals surface area contributed by atoms with Crippen LogP contribution in [0.15, 0.2) is 0 Å². The second kappa shape index (κ2) is 8.88. The number of halogens is 1. The average Bonchev–Trinajstić information content (AvgIpc) is 3.01. The Labute approximate surface area is 146 Å². The molecular weight excluding hydrogens is 314 g/mol. The van der Waals surface area contributed by atoms with Crippen molar-refractivity contribution in [2.24, 2.45) is 11.7 Å². The second-order valence-electron chi connectivity index (χ2n) is 7.20. The van der Waals surface area contributed by atoms with Crippen molar-refractivity contribution < 1.29 is 9.59 Å². The third kappa shape index (κ3) is 5.35. The number of carbonyl (C=O) groups excluding carboxylic acids is 2. The summed E-state index contributed by atoms with van der Waals surface area (Å²) in [6.45, 7) is 7.23. The Bertz CT molecular complexity index is 401. The molecule has 0 aromatic carbocycles. The van der Waals surface area contributed by atoms with Crippen LogP contribution in [0.1, 0.15) is 58.8 Å². The topological polar surface area (TPSA) is 66.6 Å². The SMILES string of the molecule is CCCC(C)(N)C(=O)N1CCC(CC(=O)N2CCCC2)CC1.Cl. The van der Waals surface area contributed by atoms with Crippen LogP contribution < -0.4 is 5.73 Å². The predicted octanol–water partition coefficient (Wildman–Crippen LogP) is 2.18. The molecule has 2 rings (SSSR count). The van der Waals surface area contributed by atoms with Gasteiger partial charge in [-0.1, -0.05) is 13.3 Å². The van der Waals surface area contributed by atoms with Crippen LogP contribution in [0.25, 0.3) is 0 Å². The van der Waals surface area contributed by atoms with E-state index < -0.39 is 5.54 Å². The molecule has 2 amide bonds. The summed E-state index contributed by atoms with van der Waals surface area (Å²) < 4.78 is 0. The number of likely N-dealkylation sites (tertiary alicyclic amines) is 2. The number of nitrogens with zero attached hydrogens (tertiary/aromatic N) is 2. The van der Waals surface area contributed by atoms with E-state index in [0.717, 1.165) is 64.7 Å². The number of amides is 2. The van der Waals surface area contributed by atoms with E-state index in [4.69, 9.17) is 5.73 Å². The van der Waals surface area contributed by atoms with Crippen molar-refractivity contribution in [2.45, 2.75) is 64.3 Å². The molecule has 0 saturated carbocycles. The Morgan fingerprint density at radius 3 is 2.17 bits per heavy atom. The largest absolute Gasteiger partial charge is 0.343 e. The summed E-state index contributed by atoms with van der Waals surface area (Å²) in [6, 6.07) is 0. The maximum Gasteiger partial charge on any atom is 0.242 e. The van der Waals surface area contributed by atoms with E-state index in [-0.39, 0.29) is 18.3 Å². The first-order chi connectivity index (χ1) is 10.4. The van der Waals surface area contributed by atoms with Crippen LogP contribution >= 0.6 is 12.4 Å². The summed E-state index contributed by atoms with van der Waals surface area (Å²) in [5, 5.41) is 0. The van der Waals surface area contributed by atoms with Gasteiger partial charge in [-0.25, -0.2) is 0 Å². The Morgan fingerprint density at radius 1 is 1.09 bits per heavy atom. The maximum absolute atomic E-state index is 12.5. The van der Waals surface area contributed by atoms with Crippen molar-refractivity contribution in [3.8, 4) is 0 Å². The standard InChI is InChI=1S/C17H31N3O2.ClH/c1-3-8-17(2,18)16(22)20-11-6-14(7-12-20)13-15(21)19-9-4-5-10-19;/h14H,3-13,18H2,1-2H3;1H. The van der Waals surface area contributed by atoms with Gasteiger partial charge in [0.1, 0.15) is 0 Å². The summed E-state index contributed by atoms with van der Waals surface area (Å²) in [5.74, 6) is 0.794. The Kier molecular flexibility index (Phi) is 7.81. The molecule has 0 spiro atoms. The zero-order valence-electron chi connectivity index (χ0n) is 14.6. The van der Waals surface area contributed by atoms with E-state index >= 15 is 0 Å². The molecule has 0 bridgehead atoms. The van der Waals surface area contributed by atoms with Crippen LogP contribution in [0.5, 0.6) is 0 Å². The lowest BCUT2D eigenvalue weighted by atomic mass is 9.90. The van der Waals surface area contributed by atoms with Crippen molar-refractivity contribution in [1.29, 1.82) is 0 Å². The molecule has 0 aromatic heterocycles. The van der Waals surface area contributed by atoms with E-state index in [9.17, 15) is 9.59 Å². The Hall–Kier alpha value is -0.810. The normalized spacial score (nSPS) is 21.7. The van der Waals surface area contributed by atoms with Crippen LogP contribution in [-0.4, -0.2) is 53.3 Å². The minimum Gasteiger partial charge on any atom is -0.343 e. The van der Waals surface area contributed by atoms with Crippen molar-refractivity contribution in [3.63, 3.8) is 0 Å². The van der Waals surface area contributed by atoms with Gasteiger partial charge in [-0.3, -0.25) is 9.59 Å². The van der Waals surface area contributed by atoms with Crippen molar-refractivity contribution in [2.75, 3.05) is 26.2 Å². The fourth-order valence-electron chi connectivity index (χ4n) is 3.67. The number of hydrogen-bond donors (Lipinski definition) is 1. The van der Waals surface area contributed by atoms with Crippen LogP contribution in [0.4, 0.5) is 0 Å². The van der Waals surface area contributed by atoms with Gasteiger partial charge in [0.15, 0.2) is 0 Å². The molecule has 1 atom stereocenters. The highest BCUT2D eigenvalue weighted by molar-refractivity contribution is 5.86. The highest BCUT2D eigenvalue weighted by atomic mass is 35.5. The van der Waals surface area contributed by atoms with Crippen LogP contribution in [0.3, 0.4) is 0 Å². The fourth-order valence-corrected chi connectivity index (χ4v) is 3.67. The van der Waals surface area contributed by atoms with Gasteiger partial charge in [0.25, 0.3) is 0 Å². The molecule has 5 nitrogen and oxygen atoms in total. The molecule has 2 heterocycles. The van der Waals surface area contributed by atoms with Gasteiger partial charge >= 0.3 is 0 Å². The number of hydrogen-bond acceptors (Lipinski definition) is 3. The lowest BCUT2D eigenvalue weighted by molar-refractivity contribution is -0.138. The molecule has 6 heteroatoms. The molecule has 2 aliphatic rings. The van der Waals surface area contributed by atoms with E-state index in [1.807, 2.05) is 16.7 Å². The Balaban J connectivity index is 0.00000264. The van der Waals surface area contributed by atoms with Gasteiger partial charge in [0.05, 0.1) is 5.54 Å². The molecule has 0 aliphatic carbocycles. The minimum atomic E-state index is -0.743. The molecule has 2 fully saturated rings. The summed E-state index contributed by atoms with van der Waals surface area (Å²) in [6.07, 6.45) is 6.42. The van der Waals surface area contributed by atoms with Crippen LogP contribution in [-0.2, 0) is 9.59 Å². The number of rotatable bonds is 5.